The molecule has 84 valence electrons. The number of methoxy groups -OCH3 is 1. The first-order valence-electron chi connectivity index (χ1n) is 5.61. The monoisotopic (exact) mass is 200 g/mol. The van der Waals surface area contributed by atoms with Crippen LogP contribution in [0.4, 0.5) is 0 Å². The van der Waals surface area contributed by atoms with Crippen LogP contribution in [0.25, 0.3) is 0 Å². The zero-order valence-corrected chi connectivity index (χ0v) is 9.97. The number of ether oxygens (including phenoxy) is 1. The summed E-state index contributed by atoms with van der Waals surface area (Å²) in [6.07, 6.45) is 5.18. The van der Waals surface area contributed by atoms with Crippen LogP contribution in [0.3, 0.4) is 0 Å². The van der Waals surface area contributed by atoms with Crippen LogP contribution in [-0.4, -0.2) is 44.4 Å². The van der Waals surface area contributed by atoms with Crippen molar-refractivity contribution >= 4 is 0 Å². The molecule has 1 rings (SSSR count). The fourth-order valence-corrected chi connectivity index (χ4v) is 2.43. The largest absolute Gasteiger partial charge is 0.381 e. The molecule has 0 bridgehead atoms. The van der Waals surface area contributed by atoms with Gasteiger partial charge in [0.15, 0.2) is 0 Å². The minimum Gasteiger partial charge on any atom is -0.381 e. The lowest BCUT2D eigenvalue weighted by Crippen LogP contribution is -2.58. The van der Waals surface area contributed by atoms with Crippen LogP contribution in [-0.2, 0) is 4.74 Å². The molecule has 1 aliphatic rings. The van der Waals surface area contributed by atoms with E-state index in [4.69, 9.17) is 4.74 Å². The Kier molecular flexibility index (Phi) is 4.35. The first-order chi connectivity index (χ1) is 6.68. The van der Waals surface area contributed by atoms with Gasteiger partial charge in [-0.15, -0.1) is 0 Å². The SMILES string of the molecule is CCN(C)C1(NC)CCC(OC)CC1. The van der Waals surface area contributed by atoms with Crippen molar-refractivity contribution < 1.29 is 4.74 Å². The molecule has 1 saturated carbocycles. The summed E-state index contributed by atoms with van der Waals surface area (Å²) in [5.74, 6) is 0. The van der Waals surface area contributed by atoms with E-state index in [2.05, 4.69) is 31.2 Å². The first kappa shape index (κ1) is 12.0. The van der Waals surface area contributed by atoms with E-state index in [1.165, 1.54) is 25.7 Å². The number of hydrogen-bond donors (Lipinski definition) is 1. The third-order valence-corrected chi connectivity index (χ3v) is 3.76. The normalized spacial score (nSPS) is 33.6. The molecule has 0 aromatic carbocycles. The Bertz CT molecular complexity index is 165. The van der Waals surface area contributed by atoms with Gasteiger partial charge in [0.1, 0.15) is 0 Å². The van der Waals surface area contributed by atoms with E-state index in [0.29, 0.717) is 6.10 Å². The topological polar surface area (TPSA) is 24.5 Å². The van der Waals surface area contributed by atoms with Gasteiger partial charge < -0.3 is 10.1 Å². The Balaban J connectivity index is 2.56. The third-order valence-electron chi connectivity index (χ3n) is 3.76. The van der Waals surface area contributed by atoms with Crippen LogP contribution in [0.15, 0.2) is 0 Å². The second kappa shape index (κ2) is 5.10. The standard InChI is InChI=1S/C11H24N2O/c1-5-13(3)11(12-2)8-6-10(14-4)7-9-11/h10,12H,5-9H2,1-4H3. The zero-order valence-electron chi connectivity index (χ0n) is 9.97. The molecule has 0 saturated heterocycles. The predicted molar refractivity (Wildman–Crippen MR) is 59.4 cm³/mol. The predicted octanol–water partition coefficient (Wildman–Crippen LogP) is 1.44. The van der Waals surface area contributed by atoms with Crippen molar-refractivity contribution in [2.24, 2.45) is 0 Å². The highest BCUT2D eigenvalue weighted by molar-refractivity contribution is 4.90. The van der Waals surface area contributed by atoms with Gasteiger partial charge in [-0.3, -0.25) is 4.90 Å². The summed E-state index contributed by atoms with van der Waals surface area (Å²) in [6.45, 7) is 3.31. The van der Waals surface area contributed by atoms with Gasteiger partial charge in [-0.1, -0.05) is 6.92 Å². The van der Waals surface area contributed by atoms with Gasteiger partial charge in [-0.2, -0.15) is 0 Å². The van der Waals surface area contributed by atoms with Crippen molar-refractivity contribution in [1.29, 1.82) is 0 Å². The lowest BCUT2D eigenvalue weighted by Gasteiger charge is -2.45. The molecule has 0 aromatic rings. The van der Waals surface area contributed by atoms with Crippen molar-refractivity contribution in [2.75, 3.05) is 27.7 Å². The number of nitrogens with zero attached hydrogens (tertiary/aromatic N) is 1. The minimum absolute atomic E-state index is 0.212. The highest BCUT2D eigenvalue weighted by Gasteiger charge is 2.36. The molecule has 0 amide bonds. The molecule has 3 nitrogen and oxygen atoms in total. The van der Waals surface area contributed by atoms with Crippen LogP contribution in [0.5, 0.6) is 0 Å². The fourth-order valence-electron chi connectivity index (χ4n) is 2.43. The Morgan fingerprint density at radius 1 is 1.43 bits per heavy atom. The minimum atomic E-state index is 0.212. The van der Waals surface area contributed by atoms with Crippen molar-refractivity contribution in [3.05, 3.63) is 0 Å². The highest BCUT2D eigenvalue weighted by Crippen LogP contribution is 2.31. The lowest BCUT2D eigenvalue weighted by molar-refractivity contribution is -0.0122. The molecular formula is C11H24N2O. The summed E-state index contributed by atoms with van der Waals surface area (Å²) in [6, 6.07) is 0. The molecule has 1 aliphatic carbocycles. The average Bonchev–Trinajstić information content (AvgIpc) is 2.28. The summed E-state index contributed by atoms with van der Waals surface area (Å²) in [5.41, 5.74) is 0.212. The van der Waals surface area contributed by atoms with E-state index in [1.54, 1.807) is 0 Å². The Labute approximate surface area is 87.8 Å². The molecule has 0 aliphatic heterocycles. The molecule has 0 spiro atoms. The molecule has 0 heterocycles. The smallest absolute Gasteiger partial charge is 0.0709 e. The van der Waals surface area contributed by atoms with Gasteiger partial charge in [-0.25, -0.2) is 0 Å². The second-order valence-electron chi connectivity index (χ2n) is 4.23. The second-order valence-corrected chi connectivity index (χ2v) is 4.23. The molecule has 0 unspecified atom stereocenters. The maximum atomic E-state index is 5.40. The lowest BCUT2D eigenvalue weighted by atomic mass is 9.86. The molecule has 0 atom stereocenters. The zero-order chi connectivity index (χ0) is 10.6. The molecule has 0 radical (unpaired) electrons. The summed E-state index contributed by atoms with van der Waals surface area (Å²) in [7, 11) is 6.09. The van der Waals surface area contributed by atoms with Crippen LogP contribution in [0, 0.1) is 0 Å². The van der Waals surface area contributed by atoms with Crippen molar-refractivity contribution in [1.82, 2.24) is 10.2 Å². The molecule has 1 N–H and O–H groups in total. The highest BCUT2D eigenvalue weighted by atomic mass is 16.5. The Morgan fingerprint density at radius 2 is 2.00 bits per heavy atom. The van der Waals surface area contributed by atoms with Gasteiger partial charge >= 0.3 is 0 Å². The maximum Gasteiger partial charge on any atom is 0.0709 e. The van der Waals surface area contributed by atoms with E-state index in [1.807, 2.05) is 7.11 Å². The van der Waals surface area contributed by atoms with Crippen molar-refractivity contribution in [3.63, 3.8) is 0 Å². The van der Waals surface area contributed by atoms with Gasteiger partial charge in [0.2, 0.25) is 0 Å². The summed E-state index contributed by atoms with van der Waals surface area (Å²) in [5, 5.41) is 3.48. The summed E-state index contributed by atoms with van der Waals surface area (Å²) in [4.78, 5) is 2.42. The molecule has 3 heteroatoms. The van der Waals surface area contributed by atoms with Crippen LogP contribution in [0.2, 0.25) is 0 Å². The van der Waals surface area contributed by atoms with Crippen molar-refractivity contribution in [3.8, 4) is 0 Å². The van der Waals surface area contributed by atoms with Crippen LogP contribution in [0.1, 0.15) is 32.6 Å². The van der Waals surface area contributed by atoms with Gasteiger partial charge in [-0.05, 0) is 46.3 Å². The van der Waals surface area contributed by atoms with Gasteiger partial charge in [0, 0.05) is 7.11 Å². The molecule has 0 aromatic heterocycles. The van der Waals surface area contributed by atoms with E-state index >= 15 is 0 Å². The van der Waals surface area contributed by atoms with Gasteiger partial charge in [0.25, 0.3) is 0 Å². The molecule has 1 fully saturated rings. The van der Waals surface area contributed by atoms with E-state index in [0.717, 1.165) is 6.54 Å². The summed E-state index contributed by atoms with van der Waals surface area (Å²) >= 11 is 0. The Hall–Kier alpha value is -0.120. The average molecular weight is 200 g/mol. The summed E-state index contributed by atoms with van der Waals surface area (Å²) < 4.78 is 5.40. The fraction of sp³-hybridized carbons (Fsp3) is 1.00. The number of nitrogens with one attached hydrogen (secondary N) is 1. The van der Waals surface area contributed by atoms with E-state index < -0.39 is 0 Å². The molecular weight excluding hydrogens is 176 g/mol. The first-order valence-corrected chi connectivity index (χ1v) is 5.61. The molecule has 14 heavy (non-hydrogen) atoms. The maximum absolute atomic E-state index is 5.40. The number of hydrogen-bond acceptors (Lipinski definition) is 3. The van der Waals surface area contributed by atoms with Crippen LogP contribution < -0.4 is 5.32 Å². The van der Waals surface area contributed by atoms with E-state index in [9.17, 15) is 0 Å². The van der Waals surface area contributed by atoms with Gasteiger partial charge in [0.05, 0.1) is 11.8 Å². The van der Waals surface area contributed by atoms with Crippen LogP contribution >= 0.6 is 0 Å². The number of rotatable bonds is 4. The third kappa shape index (κ3) is 2.27. The van der Waals surface area contributed by atoms with E-state index in [-0.39, 0.29) is 5.66 Å². The quantitative estimate of drug-likeness (QED) is 0.695. The Morgan fingerprint density at radius 3 is 2.36 bits per heavy atom. The van der Waals surface area contributed by atoms with Crippen molar-refractivity contribution in [2.45, 2.75) is 44.4 Å².